The molecular formula is C11H13N3O2S. The van der Waals surface area contributed by atoms with Crippen LogP contribution in [0, 0.1) is 0 Å². The van der Waals surface area contributed by atoms with Crippen LogP contribution in [-0.4, -0.2) is 24.9 Å². The van der Waals surface area contributed by atoms with Gasteiger partial charge in [0.05, 0.1) is 16.6 Å². The Kier molecular flexibility index (Phi) is 2.24. The Balaban J connectivity index is 2.15. The molecular weight excluding hydrogens is 238 g/mol. The van der Waals surface area contributed by atoms with Crippen LogP contribution in [0.3, 0.4) is 0 Å². The Morgan fingerprint density at radius 1 is 1.47 bits per heavy atom. The fourth-order valence-corrected chi connectivity index (χ4v) is 2.68. The van der Waals surface area contributed by atoms with Gasteiger partial charge >= 0.3 is 0 Å². The molecule has 1 saturated carbocycles. The van der Waals surface area contributed by atoms with E-state index >= 15 is 0 Å². The van der Waals surface area contributed by atoms with E-state index in [1.54, 1.807) is 24.5 Å². The first-order chi connectivity index (χ1) is 8.12. The minimum absolute atomic E-state index is 0.273. The van der Waals surface area contributed by atoms with Crippen molar-refractivity contribution >= 4 is 15.5 Å². The fraction of sp³-hybridized carbons (Fsp3) is 0.364. The van der Waals surface area contributed by atoms with Gasteiger partial charge in [-0.05, 0) is 32.0 Å². The average Bonchev–Trinajstić information content (AvgIpc) is 3.08. The molecule has 5 nitrogen and oxygen atoms in total. The molecule has 0 spiro atoms. The minimum atomic E-state index is -3.38. The van der Waals surface area contributed by atoms with Crippen molar-refractivity contribution in [3.8, 4) is 0 Å². The number of rotatable bonds is 3. The second-order valence-electron chi connectivity index (χ2n) is 4.26. The molecule has 2 heterocycles. The molecule has 17 heavy (non-hydrogen) atoms. The van der Waals surface area contributed by atoms with Gasteiger partial charge in [-0.3, -0.25) is 0 Å². The summed E-state index contributed by atoms with van der Waals surface area (Å²) in [7, 11) is -1.97. The second kappa shape index (κ2) is 3.54. The summed E-state index contributed by atoms with van der Waals surface area (Å²) in [5.74, 6) is 1.58. The zero-order valence-electron chi connectivity index (χ0n) is 9.42. The van der Waals surface area contributed by atoms with E-state index < -0.39 is 10.0 Å². The van der Waals surface area contributed by atoms with Gasteiger partial charge in [-0.15, -0.1) is 0 Å². The maximum absolute atomic E-state index is 11.7. The third-order valence-corrected chi connectivity index (χ3v) is 4.47. The molecule has 0 unspecified atom stereocenters. The Hall–Kier alpha value is -1.40. The maximum atomic E-state index is 11.7. The van der Waals surface area contributed by atoms with Crippen LogP contribution in [0.15, 0.2) is 29.4 Å². The van der Waals surface area contributed by atoms with Crippen molar-refractivity contribution in [2.24, 2.45) is 0 Å². The molecule has 2 aromatic rings. The average molecular weight is 251 g/mol. The van der Waals surface area contributed by atoms with E-state index in [9.17, 15) is 8.42 Å². The van der Waals surface area contributed by atoms with Gasteiger partial charge in [-0.1, -0.05) is 0 Å². The lowest BCUT2D eigenvalue weighted by molar-refractivity contribution is 0.588. The van der Waals surface area contributed by atoms with E-state index in [4.69, 9.17) is 0 Å². The summed E-state index contributed by atoms with van der Waals surface area (Å²) in [6.45, 7) is 0. The molecule has 1 fully saturated rings. The van der Waals surface area contributed by atoms with E-state index in [-0.39, 0.29) is 4.90 Å². The van der Waals surface area contributed by atoms with Gasteiger partial charge in [0, 0.05) is 12.1 Å². The SMILES string of the molecule is CNS(=O)(=O)c1ccn2c(C3CC3)ncc2c1. The first-order valence-electron chi connectivity index (χ1n) is 5.52. The molecule has 0 atom stereocenters. The van der Waals surface area contributed by atoms with Crippen LogP contribution >= 0.6 is 0 Å². The van der Waals surface area contributed by atoms with Crippen LogP contribution in [-0.2, 0) is 10.0 Å². The van der Waals surface area contributed by atoms with Crippen LogP contribution < -0.4 is 4.72 Å². The number of imidazole rings is 1. The number of hydrogen-bond acceptors (Lipinski definition) is 3. The summed E-state index contributed by atoms with van der Waals surface area (Å²) in [6.07, 6.45) is 5.86. The summed E-state index contributed by atoms with van der Waals surface area (Å²) in [5, 5.41) is 0. The molecule has 0 saturated heterocycles. The van der Waals surface area contributed by atoms with Crippen LogP contribution in [0.5, 0.6) is 0 Å². The van der Waals surface area contributed by atoms with Crippen molar-refractivity contribution in [3.63, 3.8) is 0 Å². The zero-order chi connectivity index (χ0) is 12.0. The Morgan fingerprint density at radius 3 is 2.88 bits per heavy atom. The molecule has 0 amide bonds. The monoisotopic (exact) mass is 251 g/mol. The van der Waals surface area contributed by atoms with Crippen LogP contribution in [0.2, 0.25) is 0 Å². The number of nitrogens with zero attached hydrogens (tertiary/aromatic N) is 2. The predicted octanol–water partition coefficient (Wildman–Crippen LogP) is 1.12. The summed E-state index contributed by atoms with van der Waals surface area (Å²) in [6, 6.07) is 3.25. The lowest BCUT2D eigenvalue weighted by Crippen LogP contribution is -2.18. The third kappa shape index (κ3) is 1.73. The maximum Gasteiger partial charge on any atom is 0.240 e. The smallest absolute Gasteiger partial charge is 0.240 e. The highest BCUT2D eigenvalue weighted by Crippen LogP contribution is 2.39. The molecule has 2 aromatic heterocycles. The predicted molar refractivity (Wildman–Crippen MR) is 63.4 cm³/mol. The molecule has 1 aliphatic rings. The quantitative estimate of drug-likeness (QED) is 0.889. The molecule has 1 N–H and O–H groups in total. The van der Waals surface area contributed by atoms with Crippen molar-refractivity contribution in [2.45, 2.75) is 23.7 Å². The molecule has 90 valence electrons. The molecule has 0 aliphatic heterocycles. The highest BCUT2D eigenvalue weighted by molar-refractivity contribution is 7.89. The standard InChI is InChI=1S/C11H13N3O2S/c1-12-17(15,16)10-4-5-14-9(6-10)7-13-11(14)8-2-3-8/h4-8,12H,2-3H2,1H3. The lowest BCUT2D eigenvalue weighted by atomic mass is 10.4. The number of sulfonamides is 1. The Labute approximate surface area is 99.5 Å². The van der Waals surface area contributed by atoms with Crippen molar-refractivity contribution in [2.75, 3.05) is 7.05 Å². The summed E-state index contributed by atoms with van der Waals surface area (Å²) < 4.78 is 27.6. The topological polar surface area (TPSA) is 63.5 Å². The lowest BCUT2D eigenvalue weighted by Gasteiger charge is -2.04. The molecule has 1 aliphatic carbocycles. The zero-order valence-corrected chi connectivity index (χ0v) is 10.2. The highest BCUT2D eigenvalue weighted by atomic mass is 32.2. The van der Waals surface area contributed by atoms with Gasteiger partial charge < -0.3 is 4.40 Å². The largest absolute Gasteiger partial charge is 0.303 e. The van der Waals surface area contributed by atoms with Gasteiger partial charge in [-0.2, -0.15) is 0 Å². The second-order valence-corrected chi connectivity index (χ2v) is 6.14. The molecule has 3 rings (SSSR count). The van der Waals surface area contributed by atoms with E-state index in [1.165, 1.54) is 19.9 Å². The van der Waals surface area contributed by atoms with Gasteiger partial charge in [0.1, 0.15) is 5.82 Å². The first kappa shape index (κ1) is 10.7. The summed E-state index contributed by atoms with van der Waals surface area (Å²) in [5.41, 5.74) is 0.822. The Morgan fingerprint density at radius 2 is 2.24 bits per heavy atom. The van der Waals surface area contributed by atoms with Gasteiger partial charge in [-0.25, -0.2) is 18.1 Å². The van der Waals surface area contributed by atoms with Crippen molar-refractivity contribution in [1.29, 1.82) is 0 Å². The first-order valence-corrected chi connectivity index (χ1v) is 7.01. The number of pyridine rings is 1. The van der Waals surface area contributed by atoms with Crippen molar-refractivity contribution in [3.05, 3.63) is 30.4 Å². The van der Waals surface area contributed by atoms with Gasteiger partial charge in [0.2, 0.25) is 10.0 Å². The van der Waals surface area contributed by atoms with E-state index in [2.05, 4.69) is 9.71 Å². The number of nitrogens with one attached hydrogen (secondary N) is 1. The van der Waals surface area contributed by atoms with Gasteiger partial charge in [0.25, 0.3) is 0 Å². The van der Waals surface area contributed by atoms with Crippen molar-refractivity contribution in [1.82, 2.24) is 14.1 Å². The van der Waals surface area contributed by atoms with Crippen LogP contribution in [0.4, 0.5) is 0 Å². The Bertz CT molecular complexity index is 671. The van der Waals surface area contributed by atoms with Gasteiger partial charge in [0.15, 0.2) is 0 Å². The summed E-state index contributed by atoms with van der Waals surface area (Å²) in [4.78, 5) is 4.63. The van der Waals surface area contributed by atoms with Crippen LogP contribution in [0.25, 0.3) is 5.52 Å². The fourth-order valence-electron chi connectivity index (χ4n) is 1.93. The van der Waals surface area contributed by atoms with E-state index in [1.807, 2.05) is 4.40 Å². The molecule has 0 aromatic carbocycles. The van der Waals surface area contributed by atoms with E-state index in [0.717, 1.165) is 11.3 Å². The van der Waals surface area contributed by atoms with Crippen LogP contribution in [0.1, 0.15) is 24.6 Å². The highest BCUT2D eigenvalue weighted by Gasteiger charge is 2.27. The third-order valence-electron chi connectivity index (χ3n) is 3.05. The molecule has 6 heteroatoms. The number of aromatic nitrogens is 2. The van der Waals surface area contributed by atoms with Crippen molar-refractivity contribution < 1.29 is 8.42 Å². The number of hydrogen-bond donors (Lipinski definition) is 1. The summed E-state index contributed by atoms with van der Waals surface area (Å²) >= 11 is 0. The van der Waals surface area contributed by atoms with E-state index in [0.29, 0.717) is 5.92 Å². The number of fused-ring (bicyclic) bond motifs is 1. The normalized spacial score (nSPS) is 16.5. The molecule has 0 bridgehead atoms. The molecule has 0 radical (unpaired) electrons. The minimum Gasteiger partial charge on any atom is -0.303 e.